The highest BCUT2D eigenvalue weighted by Crippen LogP contribution is 2.15. The van der Waals surface area contributed by atoms with E-state index in [0.717, 1.165) is 6.54 Å². The van der Waals surface area contributed by atoms with Crippen LogP contribution in [0.1, 0.15) is 6.92 Å². The molecular weight excluding hydrogens is 210 g/mol. The van der Waals surface area contributed by atoms with E-state index in [1.807, 2.05) is 6.92 Å². The van der Waals surface area contributed by atoms with Gasteiger partial charge in [0.1, 0.15) is 0 Å². The Kier molecular flexibility index (Phi) is 4.70. The first-order chi connectivity index (χ1) is 7.56. The van der Waals surface area contributed by atoms with Crippen LogP contribution in [0.15, 0.2) is 0 Å². The van der Waals surface area contributed by atoms with E-state index in [1.54, 1.807) is 7.05 Å². The van der Waals surface area contributed by atoms with Gasteiger partial charge < -0.3 is 20.7 Å². The third-order valence-electron chi connectivity index (χ3n) is 2.63. The summed E-state index contributed by atoms with van der Waals surface area (Å²) < 4.78 is 5.27. The van der Waals surface area contributed by atoms with Gasteiger partial charge in [-0.25, -0.2) is 0 Å². The zero-order valence-corrected chi connectivity index (χ0v) is 9.73. The fourth-order valence-electron chi connectivity index (χ4n) is 1.86. The number of carbonyl (C=O) groups is 2. The van der Waals surface area contributed by atoms with Crippen molar-refractivity contribution in [1.29, 1.82) is 0 Å². The number of nitrogens with one attached hydrogen (secondary N) is 1. The molecule has 0 aromatic heterocycles. The lowest BCUT2D eigenvalue weighted by molar-refractivity contribution is -0.137. The first kappa shape index (κ1) is 12.9. The molecule has 2 atom stereocenters. The molecule has 1 aliphatic heterocycles. The quantitative estimate of drug-likeness (QED) is 0.604. The molecule has 0 aromatic rings. The van der Waals surface area contributed by atoms with Gasteiger partial charge in [0.25, 0.3) is 0 Å². The fraction of sp³-hybridized carbons (Fsp3) is 0.800. The molecule has 0 spiro atoms. The van der Waals surface area contributed by atoms with Crippen LogP contribution in [-0.2, 0) is 14.3 Å². The van der Waals surface area contributed by atoms with Crippen molar-refractivity contribution >= 4 is 11.8 Å². The van der Waals surface area contributed by atoms with Gasteiger partial charge in [-0.15, -0.1) is 0 Å². The molecule has 92 valence electrons. The van der Waals surface area contributed by atoms with E-state index in [2.05, 4.69) is 5.32 Å². The maximum Gasteiger partial charge on any atom is 0.237 e. The van der Waals surface area contributed by atoms with Gasteiger partial charge in [-0.3, -0.25) is 9.59 Å². The van der Waals surface area contributed by atoms with Gasteiger partial charge >= 0.3 is 0 Å². The second-order valence-corrected chi connectivity index (χ2v) is 3.97. The maximum atomic E-state index is 12.0. The summed E-state index contributed by atoms with van der Waals surface area (Å²) in [4.78, 5) is 24.0. The van der Waals surface area contributed by atoms with Gasteiger partial charge in [-0.05, 0) is 6.54 Å². The van der Waals surface area contributed by atoms with Crippen LogP contribution < -0.4 is 11.1 Å². The summed E-state index contributed by atoms with van der Waals surface area (Å²) in [5, 5.41) is 3.19. The van der Waals surface area contributed by atoms with E-state index in [-0.39, 0.29) is 24.4 Å². The Balaban J connectivity index is 2.54. The number of hydrogen-bond donors (Lipinski definition) is 2. The van der Waals surface area contributed by atoms with Crippen LogP contribution in [0.5, 0.6) is 0 Å². The molecule has 0 saturated carbocycles. The smallest absolute Gasteiger partial charge is 0.237 e. The lowest BCUT2D eigenvalue weighted by Crippen LogP contribution is -2.46. The topological polar surface area (TPSA) is 84.7 Å². The molecule has 0 radical (unpaired) electrons. The Morgan fingerprint density at radius 3 is 2.75 bits per heavy atom. The lowest BCUT2D eigenvalue weighted by Gasteiger charge is -2.23. The SMILES string of the molecule is CCNC1COCC1C(=O)N(C)CC(N)=O. The van der Waals surface area contributed by atoms with E-state index < -0.39 is 5.91 Å². The Hall–Kier alpha value is -1.14. The van der Waals surface area contributed by atoms with Crippen LogP contribution >= 0.6 is 0 Å². The van der Waals surface area contributed by atoms with E-state index in [0.29, 0.717) is 13.2 Å². The van der Waals surface area contributed by atoms with Gasteiger partial charge in [-0.1, -0.05) is 6.92 Å². The lowest BCUT2D eigenvalue weighted by atomic mass is 10.0. The zero-order chi connectivity index (χ0) is 12.1. The van der Waals surface area contributed by atoms with E-state index in [1.165, 1.54) is 4.90 Å². The summed E-state index contributed by atoms with van der Waals surface area (Å²) in [5.41, 5.74) is 5.04. The molecule has 1 heterocycles. The van der Waals surface area contributed by atoms with E-state index in [9.17, 15) is 9.59 Å². The molecule has 2 amide bonds. The second kappa shape index (κ2) is 5.81. The van der Waals surface area contributed by atoms with Gasteiger partial charge in [-0.2, -0.15) is 0 Å². The minimum Gasteiger partial charge on any atom is -0.379 e. The monoisotopic (exact) mass is 229 g/mol. The highest BCUT2D eigenvalue weighted by atomic mass is 16.5. The third-order valence-corrected chi connectivity index (χ3v) is 2.63. The number of ether oxygens (including phenoxy) is 1. The summed E-state index contributed by atoms with van der Waals surface area (Å²) >= 11 is 0. The molecule has 1 rings (SSSR count). The molecule has 1 aliphatic rings. The first-order valence-electron chi connectivity index (χ1n) is 5.40. The van der Waals surface area contributed by atoms with Crippen molar-refractivity contribution < 1.29 is 14.3 Å². The largest absolute Gasteiger partial charge is 0.379 e. The van der Waals surface area contributed by atoms with Crippen molar-refractivity contribution in [3.8, 4) is 0 Å². The summed E-state index contributed by atoms with van der Waals surface area (Å²) in [6, 6.07) is 0.0350. The van der Waals surface area contributed by atoms with Crippen LogP contribution in [0.2, 0.25) is 0 Å². The average molecular weight is 229 g/mol. The van der Waals surface area contributed by atoms with Crippen molar-refractivity contribution in [2.75, 3.05) is 33.4 Å². The Morgan fingerprint density at radius 1 is 1.50 bits per heavy atom. The molecule has 0 aliphatic carbocycles. The molecule has 0 bridgehead atoms. The Bertz CT molecular complexity index is 270. The predicted octanol–water partition coefficient (Wildman–Crippen LogP) is -1.45. The fourth-order valence-corrected chi connectivity index (χ4v) is 1.86. The van der Waals surface area contributed by atoms with Gasteiger partial charge in [0.2, 0.25) is 11.8 Å². The number of nitrogens with zero attached hydrogens (tertiary/aromatic N) is 1. The van der Waals surface area contributed by atoms with E-state index >= 15 is 0 Å². The number of amides is 2. The summed E-state index contributed by atoms with van der Waals surface area (Å²) in [6.45, 7) is 3.66. The summed E-state index contributed by atoms with van der Waals surface area (Å²) in [5.74, 6) is -0.818. The molecule has 1 fully saturated rings. The van der Waals surface area contributed by atoms with Crippen LogP contribution in [0.4, 0.5) is 0 Å². The van der Waals surface area contributed by atoms with Crippen molar-refractivity contribution in [2.45, 2.75) is 13.0 Å². The predicted molar refractivity (Wildman–Crippen MR) is 58.6 cm³/mol. The molecule has 6 nitrogen and oxygen atoms in total. The van der Waals surface area contributed by atoms with Crippen LogP contribution in [0, 0.1) is 5.92 Å². The van der Waals surface area contributed by atoms with Crippen LogP contribution in [0.25, 0.3) is 0 Å². The standard InChI is InChI=1S/C10H19N3O3/c1-3-12-8-6-16-5-7(8)10(15)13(2)4-9(11)14/h7-8,12H,3-6H2,1-2H3,(H2,11,14). The van der Waals surface area contributed by atoms with Crippen molar-refractivity contribution in [1.82, 2.24) is 10.2 Å². The zero-order valence-electron chi connectivity index (χ0n) is 9.73. The molecule has 16 heavy (non-hydrogen) atoms. The number of hydrogen-bond acceptors (Lipinski definition) is 4. The van der Waals surface area contributed by atoms with Crippen LogP contribution in [0.3, 0.4) is 0 Å². The van der Waals surface area contributed by atoms with Crippen molar-refractivity contribution in [2.24, 2.45) is 11.7 Å². The van der Waals surface area contributed by atoms with Crippen LogP contribution in [-0.4, -0.2) is 56.1 Å². The highest BCUT2D eigenvalue weighted by Gasteiger charge is 2.35. The second-order valence-electron chi connectivity index (χ2n) is 3.97. The highest BCUT2D eigenvalue weighted by molar-refractivity contribution is 5.85. The molecule has 1 saturated heterocycles. The Labute approximate surface area is 95.1 Å². The third kappa shape index (κ3) is 3.18. The summed E-state index contributed by atoms with van der Waals surface area (Å²) in [6.07, 6.45) is 0. The Morgan fingerprint density at radius 2 is 2.19 bits per heavy atom. The van der Waals surface area contributed by atoms with Gasteiger partial charge in [0.05, 0.1) is 25.7 Å². The van der Waals surface area contributed by atoms with Crippen molar-refractivity contribution in [3.63, 3.8) is 0 Å². The minimum atomic E-state index is -0.505. The number of carbonyl (C=O) groups excluding carboxylic acids is 2. The number of primary amides is 1. The number of rotatable bonds is 5. The maximum absolute atomic E-state index is 12.0. The number of likely N-dealkylation sites (N-methyl/N-ethyl adjacent to an activating group) is 2. The number of nitrogens with two attached hydrogens (primary N) is 1. The molecular formula is C10H19N3O3. The molecule has 2 unspecified atom stereocenters. The van der Waals surface area contributed by atoms with Crippen molar-refractivity contribution in [3.05, 3.63) is 0 Å². The normalized spacial score (nSPS) is 24.4. The first-order valence-corrected chi connectivity index (χ1v) is 5.40. The van der Waals surface area contributed by atoms with Gasteiger partial charge in [0, 0.05) is 13.1 Å². The minimum absolute atomic E-state index is 0.0350. The molecule has 3 N–H and O–H groups in total. The van der Waals surface area contributed by atoms with E-state index in [4.69, 9.17) is 10.5 Å². The molecule has 6 heteroatoms. The summed E-state index contributed by atoms with van der Waals surface area (Å²) in [7, 11) is 1.58. The average Bonchev–Trinajstić information content (AvgIpc) is 2.64. The molecule has 0 aromatic carbocycles. The van der Waals surface area contributed by atoms with Gasteiger partial charge in [0.15, 0.2) is 0 Å².